The van der Waals surface area contributed by atoms with E-state index in [2.05, 4.69) is 4.90 Å². The molecule has 5 nitrogen and oxygen atoms in total. The smallest absolute Gasteiger partial charge is 0.274 e. The first kappa shape index (κ1) is 11.9. The average Bonchev–Trinajstić information content (AvgIpc) is 2.29. The number of rotatable bonds is 2. The molecule has 0 spiro atoms. The topological polar surface area (TPSA) is 72.4 Å². The van der Waals surface area contributed by atoms with Crippen LogP contribution in [0.4, 0.5) is 11.4 Å². The summed E-state index contributed by atoms with van der Waals surface area (Å²) in [6, 6.07) is 5.38. The van der Waals surface area contributed by atoms with Gasteiger partial charge >= 0.3 is 0 Å². The molecule has 0 saturated carbocycles. The van der Waals surface area contributed by atoms with Crippen LogP contribution >= 0.6 is 0 Å². The third kappa shape index (κ3) is 2.39. The van der Waals surface area contributed by atoms with E-state index in [0.717, 1.165) is 37.2 Å². The van der Waals surface area contributed by atoms with Crippen LogP contribution in [0.15, 0.2) is 18.2 Å². The molecule has 17 heavy (non-hydrogen) atoms. The van der Waals surface area contributed by atoms with Crippen LogP contribution in [-0.4, -0.2) is 24.1 Å². The molecule has 2 N–H and O–H groups in total. The third-order valence-corrected chi connectivity index (χ3v) is 3.27. The van der Waals surface area contributed by atoms with Gasteiger partial charge in [0.1, 0.15) is 0 Å². The SMILES string of the molecule is Cc1c(N2CCC[C@@H](N)C2)cccc1[N+](=O)[O-]. The Balaban J connectivity index is 2.32. The molecule has 1 heterocycles. The highest BCUT2D eigenvalue weighted by Crippen LogP contribution is 2.29. The van der Waals surface area contributed by atoms with E-state index in [1.807, 2.05) is 6.07 Å². The van der Waals surface area contributed by atoms with Crippen molar-refractivity contribution in [1.82, 2.24) is 0 Å². The lowest BCUT2D eigenvalue weighted by atomic mass is 10.0. The largest absolute Gasteiger partial charge is 0.370 e. The van der Waals surface area contributed by atoms with Gasteiger partial charge in [0.2, 0.25) is 0 Å². The van der Waals surface area contributed by atoms with Crippen LogP contribution in [0.5, 0.6) is 0 Å². The van der Waals surface area contributed by atoms with Gasteiger partial charge in [-0.25, -0.2) is 0 Å². The first-order valence-electron chi connectivity index (χ1n) is 5.84. The average molecular weight is 235 g/mol. The molecule has 0 bridgehead atoms. The lowest BCUT2D eigenvalue weighted by molar-refractivity contribution is -0.385. The van der Waals surface area contributed by atoms with Crippen molar-refractivity contribution in [3.8, 4) is 0 Å². The Morgan fingerprint density at radius 1 is 1.53 bits per heavy atom. The normalized spacial score (nSPS) is 20.4. The van der Waals surface area contributed by atoms with E-state index < -0.39 is 0 Å². The Morgan fingerprint density at radius 3 is 2.94 bits per heavy atom. The van der Waals surface area contributed by atoms with Gasteiger partial charge in [-0.2, -0.15) is 0 Å². The second-order valence-corrected chi connectivity index (χ2v) is 4.53. The zero-order valence-electron chi connectivity index (χ0n) is 9.93. The van der Waals surface area contributed by atoms with Crippen molar-refractivity contribution in [3.05, 3.63) is 33.9 Å². The molecule has 1 atom stereocenters. The van der Waals surface area contributed by atoms with Crippen LogP contribution < -0.4 is 10.6 Å². The summed E-state index contributed by atoms with van der Waals surface area (Å²) in [5.41, 5.74) is 7.78. The lowest BCUT2D eigenvalue weighted by Crippen LogP contribution is -2.43. The number of anilines is 1. The third-order valence-electron chi connectivity index (χ3n) is 3.27. The summed E-state index contributed by atoms with van der Waals surface area (Å²) in [5, 5.41) is 10.9. The van der Waals surface area contributed by atoms with Crippen molar-refractivity contribution >= 4 is 11.4 Å². The van der Waals surface area contributed by atoms with Crippen molar-refractivity contribution in [2.24, 2.45) is 5.73 Å². The second kappa shape index (κ2) is 4.71. The Kier molecular flexibility index (Phi) is 3.28. The Labute approximate surface area is 100 Å². The Bertz CT molecular complexity index is 434. The Morgan fingerprint density at radius 2 is 2.29 bits per heavy atom. The van der Waals surface area contributed by atoms with Crippen LogP contribution in [0.1, 0.15) is 18.4 Å². The fourth-order valence-electron chi connectivity index (χ4n) is 2.38. The summed E-state index contributed by atoms with van der Waals surface area (Å²) in [7, 11) is 0. The van der Waals surface area contributed by atoms with Crippen LogP contribution in [0.3, 0.4) is 0 Å². The summed E-state index contributed by atoms with van der Waals surface area (Å²) in [6.07, 6.45) is 2.08. The maximum absolute atomic E-state index is 10.9. The number of hydrogen-bond acceptors (Lipinski definition) is 4. The fourth-order valence-corrected chi connectivity index (χ4v) is 2.38. The number of hydrogen-bond donors (Lipinski definition) is 1. The molecule has 1 aromatic carbocycles. The molecule has 1 aliphatic rings. The molecular weight excluding hydrogens is 218 g/mol. The van der Waals surface area contributed by atoms with E-state index in [9.17, 15) is 10.1 Å². The van der Waals surface area contributed by atoms with E-state index in [4.69, 9.17) is 5.73 Å². The Hall–Kier alpha value is -1.62. The fraction of sp³-hybridized carbons (Fsp3) is 0.500. The molecule has 0 aromatic heterocycles. The monoisotopic (exact) mass is 235 g/mol. The molecule has 0 unspecified atom stereocenters. The molecule has 1 aliphatic heterocycles. The zero-order valence-corrected chi connectivity index (χ0v) is 9.93. The zero-order chi connectivity index (χ0) is 12.4. The molecule has 0 amide bonds. The number of nitro groups is 1. The summed E-state index contributed by atoms with van der Waals surface area (Å²) >= 11 is 0. The molecule has 1 aromatic rings. The van der Waals surface area contributed by atoms with E-state index >= 15 is 0 Å². The summed E-state index contributed by atoms with van der Waals surface area (Å²) in [6.45, 7) is 3.51. The van der Waals surface area contributed by atoms with Gasteiger partial charge in [-0.15, -0.1) is 0 Å². The van der Waals surface area contributed by atoms with Gasteiger partial charge in [0, 0.05) is 30.9 Å². The van der Waals surface area contributed by atoms with E-state index in [1.54, 1.807) is 19.1 Å². The first-order chi connectivity index (χ1) is 8.09. The van der Waals surface area contributed by atoms with Gasteiger partial charge in [0.05, 0.1) is 10.5 Å². The van der Waals surface area contributed by atoms with Gasteiger partial charge in [-0.1, -0.05) is 6.07 Å². The molecular formula is C12H17N3O2. The molecule has 0 aliphatic carbocycles. The van der Waals surface area contributed by atoms with Gasteiger partial charge in [-0.3, -0.25) is 10.1 Å². The van der Waals surface area contributed by atoms with Gasteiger partial charge in [0.15, 0.2) is 0 Å². The lowest BCUT2D eigenvalue weighted by Gasteiger charge is -2.33. The van der Waals surface area contributed by atoms with E-state index in [1.165, 1.54) is 0 Å². The van der Waals surface area contributed by atoms with E-state index in [-0.39, 0.29) is 16.7 Å². The van der Waals surface area contributed by atoms with Gasteiger partial charge in [-0.05, 0) is 25.8 Å². The van der Waals surface area contributed by atoms with Crippen molar-refractivity contribution < 1.29 is 4.92 Å². The van der Waals surface area contributed by atoms with Crippen LogP contribution in [0.2, 0.25) is 0 Å². The number of nitro benzene ring substituents is 1. The van der Waals surface area contributed by atoms with Crippen molar-refractivity contribution in [2.75, 3.05) is 18.0 Å². The molecule has 0 radical (unpaired) electrons. The second-order valence-electron chi connectivity index (χ2n) is 4.53. The molecule has 1 saturated heterocycles. The van der Waals surface area contributed by atoms with Crippen LogP contribution in [0, 0.1) is 17.0 Å². The number of piperidine rings is 1. The highest BCUT2D eigenvalue weighted by atomic mass is 16.6. The van der Waals surface area contributed by atoms with Crippen molar-refractivity contribution in [3.63, 3.8) is 0 Å². The van der Waals surface area contributed by atoms with Crippen molar-refractivity contribution in [1.29, 1.82) is 0 Å². The first-order valence-corrected chi connectivity index (χ1v) is 5.84. The highest BCUT2D eigenvalue weighted by molar-refractivity contribution is 5.61. The van der Waals surface area contributed by atoms with E-state index in [0.29, 0.717) is 0 Å². The number of benzene rings is 1. The molecule has 2 rings (SSSR count). The molecule has 5 heteroatoms. The maximum Gasteiger partial charge on any atom is 0.274 e. The molecule has 92 valence electrons. The summed E-state index contributed by atoms with van der Waals surface area (Å²) in [4.78, 5) is 12.7. The summed E-state index contributed by atoms with van der Waals surface area (Å²) in [5.74, 6) is 0. The van der Waals surface area contributed by atoms with Gasteiger partial charge < -0.3 is 10.6 Å². The number of nitrogens with two attached hydrogens (primary N) is 1. The van der Waals surface area contributed by atoms with Crippen LogP contribution in [0.25, 0.3) is 0 Å². The molecule has 1 fully saturated rings. The minimum atomic E-state index is -0.331. The highest BCUT2D eigenvalue weighted by Gasteiger charge is 2.21. The van der Waals surface area contributed by atoms with Gasteiger partial charge in [0.25, 0.3) is 5.69 Å². The predicted molar refractivity (Wildman–Crippen MR) is 67.3 cm³/mol. The van der Waals surface area contributed by atoms with Crippen LogP contribution in [-0.2, 0) is 0 Å². The van der Waals surface area contributed by atoms with Crippen molar-refractivity contribution in [2.45, 2.75) is 25.8 Å². The maximum atomic E-state index is 10.9. The quantitative estimate of drug-likeness (QED) is 0.627. The standard InChI is InChI=1S/C12H17N3O2/c1-9-11(5-2-6-12(9)15(16)17)14-7-3-4-10(13)8-14/h2,5-6,10H,3-4,7-8,13H2,1H3/t10-/m1/s1. The minimum Gasteiger partial charge on any atom is -0.370 e. The number of nitrogens with zero attached hydrogens (tertiary/aromatic N) is 2. The predicted octanol–water partition coefficient (Wildman–Crippen LogP) is 1.83. The summed E-state index contributed by atoms with van der Waals surface area (Å²) < 4.78 is 0. The minimum absolute atomic E-state index is 0.169.